The van der Waals surface area contributed by atoms with E-state index in [9.17, 15) is 4.79 Å². The summed E-state index contributed by atoms with van der Waals surface area (Å²) in [6.45, 7) is 3.74. The summed E-state index contributed by atoms with van der Waals surface area (Å²) in [4.78, 5) is 11.7. The molecule has 0 fully saturated rings. The predicted molar refractivity (Wildman–Crippen MR) is 79.4 cm³/mol. The van der Waals surface area contributed by atoms with Crippen molar-refractivity contribution >= 4 is 35.2 Å². The van der Waals surface area contributed by atoms with Crippen LogP contribution in [-0.2, 0) is 4.79 Å². The van der Waals surface area contributed by atoms with Gasteiger partial charge in [0.05, 0.1) is 10.0 Å². The third kappa shape index (κ3) is 5.64. The Morgan fingerprint density at radius 2 is 2.05 bits per heavy atom. The first-order valence-corrected chi connectivity index (χ1v) is 6.66. The number of aliphatic hydroxyl groups excluding tert-OH is 1. The van der Waals surface area contributed by atoms with Gasteiger partial charge in [0.1, 0.15) is 0 Å². The van der Waals surface area contributed by atoms with Gasteiger partial charge in [0, 0.05) is 18.2 Å². The highest BCUT2D eigenvalue weighted by molar-refractivity contribution is 6.42. The van der Waals surface area contributed by atoms with Crippen LogP contribution in [0.4, 0.5) is 0 Å². The first-order valence-electron chi connectivity index (χ1n) is 5.90. The number of rotatable bonds is 5. The predicted octanol–water partition coefficient (Wildman–Crippen LogP) is 3.28. The van der Waals surface area contributed by atoms with Crippen LogP contribution >= 0.6 is 23.2 Å². The maximum absolute atomic E-state index is 11.7. The molecule has 104 valence electrons. The molecule has 0 aliphatic heterocycles. The molecule has 1 amide bonds. The largest absolute Gasteiger partial charge is 0.396 e. The lowest BCUT2D eigenvalue weighted by molar-refractivity contribution is -0.118. The molecule has 0 radical (unpaired) electrons. The number of hydrogen-bond donors (Lipinski definition) is 2. The summed E-state index contributed by atoms with van der Waals surface area (Å²) in [7, 11) is 0. The first kappa shape index (κ1) is 16.0. The fraction of sp³-hybridized carbons (Fsp3) is 0.357. The number of hydrogen-bond acceptors (Lipinski definition) is 2. The van der Waals surface area contributed by atoms with E-state index in [1.807, 2.05) is 13.8 Å². The maximum Gasteiger partial charge on any atom is 0.244 e. The Labute approximate surface area is 123 Å². The second-order valence-corrected chi connectivity index (χ2v) is 5.67. The number of benzene rings is 1. The summed E-state index contributed by atoms with van der Waals surface area (Å²) in [5.74, 6) is -0.218. The van der Waals surface area contributed by atoms with E-state index in [1.165, 1.54) is 6.08 Å². The van der Waals surface area contributed by atoms with Crippen LogP contribution < -0.4 is 5.32 Å². The van der Waals surface area contributed by atoms with Gasteiger partial charge in [-0.25, -0.2) is 0 Å². The van der Waals surface area contributed by atoms with Crippen LogP contribution in [0, 0.1) is 0 Å². The number of nitrogens with one attached hydrogen (secondary N) is 1. The topological polar surface area (TPSA) is 49.3 Å². The number of carbonyl (C=O) groups excluding carboxylic acids is 1. The van der Waals surface area contributed by atoms with Crippen LogP contribution in [0.2, 0.25) is 10.0 Å². The molecular formula is C14H17Cl2NO2. The molecule has 0 aromatic heterocycles. The maximum atomic E-state index is 11.7. The van der Waals surface area contributed by atoms with Crippen molar-refractivity contribution in [1.29, 1.82) is 0 Å². The minimum atomic E-state index is -0.437. The molecule has 1 aromatic carbocycles. The Morgan fingerprint density at radius 1 is 1.37 bits per heavy atom. The SMILES string of the molecule is CC(C)(CCO)NC(=O)/C=C/c1ccc(Cl)c(Cl)c1. The van der Waals surface area contributed by atoms with Crippen molar-refractivity contribution in [2.45, 2.75) is 25.8 Å². The van der Waals surface area contributed by atoms with Crippen LogP contribution in [0.5, 0.6) is 0 Å². The van der Waals surface area contributed by atoms with Crippen LogP contribution in [0.15, 0.2) is 24.3 Å². The van der Waals surface area contributed by atoms with E-state index in [1.54, 1.807) is 24.3 Å². The lowest BCUT2D eigenvalue weighted by atomic mass is 10.0. The molecule has 2 N–H and O–H groups in total. The zero-order valence-electron chi connectivity index (χ0n) is 10.9. The molecule has 0 aliphatic rings. The second-order valence-electron chi connectivity index (χ2n) is 4.85. The Bertz CT molecular complexity index is 484. The summed E-state index contributed by atoms with van der Waals surface area (Å²) >= 11 is 11.7. The van der Waals surface area contributed by atoms with Gasteiger partial charge in [0.25, 0.3) is 0 Å². The van der Waals surface area contributed by atoms with E-state index >= 15 is 0 Å². The molecule has 0 saturated carbocycles. The molecule has 0 atom stereocenters. The standard InChI is InChI=1S/C14H17Cl2NO2/c1-14(2,7-8-18)17-13(19)6-4-10-3-5-11(15)12(16)9-10/h3-6,9,18H,7-8H2,1-2H3,(H,17,19)/b6-4+. The minimum absolute atomic E-state index is 0.0315. The first-order chi connectivity index (χ1) is 8.84. The molecule has 3 nitrogen and oxygen atoms in total. The van der Waals surface area contributed by atoms with Gasteiger partial charge in [-0.15, -0.1) is 0 Å². The molecule has 19 heavy (non-hydrogen) atoms. The van der Waals surface area contributed by atoms with Crippen molar-refractivity contribution in [1.82, 2.24) is 5.32 Å². The van der Waals surface area contributed by atoms with Crippen LogP contribution in [0.25, 0.3) is 6.08 Å². The molecule has 0 unspecified atom stereocenters. The van der Waals surface area contributed by atoms with Gasteiger partial charge in [-0.05, 0) is 44.0 Å². The highest BCUT2D eigenvalue weighted by atomic mass is 35.5. The van der Waals surface area contributed by atoms with Crippen LogP contribution in [0.3, 0.4) is 0 Å². The number of halogens is 2. The number of aliphatic hydroxyl groups is 1. The van der Waals surface area contributed by atoms with Crippen molar-refractivity contribution in [3.63, 3.8) is 0 Å². The van der Waals surface area contributed by atoms with Crippen molar-refractivity contribution < 1.29 is 9.90 Å². The normalized spacial score (nSPS) is 11.8. The van der Waals surface area contributed by atoms with E-state index in [-0.39, 0.29) is 12.5 Å². The van der Waals surface area contributed by atoms with Gasteiger partial charge < -0.3 is 10.4 Å². The quantitative estimate of drug-likeness (QED) is 0.820. The Morgan fingerprint density at radius 3 is 2.63 bits per heavy atom. The van der Waals surface area contributed by atoms with Gasteiger partial charge >= 0.3 is 0 Å². The van der Waals surface area contributed by atoms with Gasteiger partial charge in [-0.1, -0.05) is 29.3 Å². The molecule has 0 saturated heterocycles. The van der Waals surface area contributed by atoms with Gasteiger partial charge in [-0.2, -0.15) is 0 Å². The number of amides is 1. The average molecular weight is 302 g/mol. The molecule has 5 heteroatoms. The molecular weight excluding hydrogens is 285 g/mol. The fourth-order valence-corrected chi connectivity index (χ4v) is 1.81. The second kappa shape index (κ2) is 6.94. The Hall–Kier alpha value is -1.03. The zero-order chi connectivity index (χ0) is 14.5. The average Bonchev–Trinajstić information content (AvgIpc) is 2.30. The van der Waals surface area contributed by atoms with Crippen molar-refractivity contribution in [3.8, 4) is 0 Å². The van der Waals surface area contributed by atoms with E-state index in [0.29, 0.717) is 16.5 Å². The minimum Gasteiger partial charge on any atom is -0.396 e. The van der Waals surface area contributed by atoms with Gasteiger partial charge in [-0.3, -0.25) is 4.79 Å². The van der Waals surface area contributed by atoms with E-state index < -0.39 is 5.54 Å². The van der Waals surface area contributed by atoms with E-state index in [2.05, 4.69) is 5.32 Å². The molecule has 0 bridgehead atoms. The lowest BCUT2D eigenvalue weighted by Crippen LogP contribution is -2.43. The van der Waals surface area contributed by atoms with Crippen molar-refractivity contribution in [3.05, 3.63) is 39.9 Å². The summed E-state index contributed by atoms with van der Waals surface area (Å²) in [5.41, 5.74) is 0.359. The summed E-state index contributed by atoms with van der Waals surface area (Å²) in [6, 6.07) is 5.14. The van der Waals surface area contributed by atoms with E-state index in [0.717, 1.165) is 5.56 Å². The summed E-state index contributed by atoms with van der Waals surface area (Å²) < 4.78 is 0. The molecule has 0 heterocycles. The molecule has 0 spiro atoms. The Kier molecular flexibility index (Phi) is 5.85. The van der Waals surface area contributed by atoms with Crippen molar-refractivity contribution in [2.75, 3.05) is 6.61 Å². The highest BCUT2D eigenvalue weighted by Gasteiger charge is 2.18. The lowest BCUT2D eigenvalue weighted by Gasteiger charge is -2.24. The third-order valence-electron chi connectivity index (χ3n) is 2.57. The fourth-order valence-electron chi connectivity index (χ4n) is 1.51. The van der Waals surface area contributed by atoms with Gasteiger partial charge in [0.15, 0.2) is 0 Å². The van der Waals surface area contributed by atoms with Gasteiger partial charge in [0.2, 0.25) is 5.91 Å². The number of carbonyl (C=O) groups is 1. The molecule has 0 aliphatic carbocycles. The zero-order valence-corrected chi connectivity index (χ0v) is 12.4. The summed E-state index contributed by atoms with van der Waals surface area (Å²) in [6.07, 6.45) is 3.59. The van der Waals surface area contributed by atoms with Crippen molar-refractivity contribution in [2.24, 2.45) is 0 Å². The van der Waals surface area contributed by atoms with E-state index in [4.69, 9.17) is 28.3 Å². The smallest absolute Gasteiger partial charge is 0.244 e. The monoisotopic (exact) mass is 301 g/mol. The van der Waals surface area contributed by atoms with Crippen LogP contribution in [-0.4, -0.2) is 23.2 Å². The third-order valence-corrected chi connectivity index (χ3v) is 3.31. The highest BCUT2D eigenvalue weighted by Crippen LogP contribution is 2.23. The molecule has 1 rings (SSSR count). The molecule has 1 aromatic rings. The summed E-state index contributed by atoms with van der Waals surface area (Å²) in [5, 5.41) is 12.6. The van der Waals surface area contributed by atoms with Crippen LogP contribution in [0.1, 0.15) is 25.8 Å². The Balaban J connectivity index is 2.65.